The van der Waals surface area contributed by atoms with Crippen molar-refractivity contribution in [2.24, 2.45) is 0 Å². The Morgan fingerprint density at radius 1 is 1.38 bits per heavy atom. The van der Waals surface area contributed by atoms with E-state index in [-0.39, 0.29) is 17.9 Å². The molecule has 0 aliphatic carbocycles. The van der Waals surface area contributed by atoms with Crippen LogP contribution in [0.1, 0.15) is 20.3 Å². The Morgan fingerprint density at radius 3 is 2.58 bits per heavy atom. The average molecular weight is 405 g/mol. The second-order valence-corrected chi connectivity index (χ2v) is 8.23. The first-order valence-corrected chi connectivity index (χ1v) is 9.92. The van der Waals surface area contributed by atoms with Gasteiger partial charge in [-0.25, -0.2) is 8.42 Å². The number of sulfonamides is 1. The van der Waals surface area contributed by atoms with Crippen molar-refractivity contribution in [2.45, 2.75) is 43.4 Å². The molecule has 0 aromatic heterocycles. The number of rotatable bonds is 6. The van der Waals surface area contributed by atoms with Crippen LogP contribution in [0, 0.1) is 0 Å². The molecule has 10 heteroatoms. The normalized spacial score (nSPS) is 22.0. The SMILES string of the molecule is CCNC(=O)[C@@H](C)OC(=O)[C@@H]1C[C@H](O)CN1S(=O)(=O)c1ccc(Cl)cc1. The van der Waals surface area contributed by atoms with Gasteiger partial charge in [0.15, 0.2) is 6.10 Å². The summed E-state index contributed by atoms with van der Waals surface area (Å²) in [6.07, 6.45) is -2.18. The molecule has 1 aliphatic heterocycles. The minimum absolute atomic E-state index is 0.0504. The maximum Gasteiger partial charge on any atom is 0.325 e. The lowest BCUT2D eigenvalue weighted by Gasteiger charge is -2.23. The molecule has 0 saturated carbocycles. The smallest absolute Gasteiger partial charge is 0.325 e. The Labute approximate surface area is 157 Å². The summed E-state index contributed by atoms with van der Waals surface area (Å²) in [5.41, 5.74) is 0. The molecule has 1 amide bonds. The maximum absolute atomic E-state index is 12.8. The molecule has 1 aliphatic rings. The van der Waals surface area contributed by atoms with Crippen LogP contribution in [0.2, 0.25) is 5.02 Å². The molecule has 2 rings (SSSR count). The van der Waals surface area contributed by atoms with Gasteiger partial charge in [-0.3, -0.25) is 9.59 Å². The number of hydrogen-bond acceptors (Lipinski definition) is 6. The van der Waals surface area contributed by atoms with E-state index in [1.54, 1.807) is 6.92 Å². The summed E-state index contributed by atoms with van der Waals surface area (Å²) in [4.78, 5) is 24.1. The Bertz CT molecular complexity index is 767. The molecule has 144 valence electrons. The van der Waals surface area contributed by atoms with Crippen LogP contribution in [-0.4, -0.2) is 61.0 Å². The number of carbonyl (C=O) groups is 2. The number of amides is 1. The van der Waals surface area contributed by atoms with E-state index in [4.69, 9.17) is 16.3 Å². The minimum atomic E-state index is -4.04. The van der Waals surface area contributed by atoms with Crippen molar-refractivity contribution in [2.75, 3.05) is 13.1 Å². The molecule has 1 aromatic carbocycles. The summed E-state index contributed by atoms with van der Waals surface area (Å²) in [5.74, 6) is -1.36. The van der Waals surface area contributed by atoms with Gasteiger partial charge < -0.3 is 15.2 Å². The molecule has 0 radical (unpaired) electrons. The van der Waals surface area contributed by atoms with E-state index in [0.29, 0.717) is 11.6 Å². The number of aliphatic hydroxyl groups excluding tert-OH is 1. The van der Waals surface area contributed by atoms with E-state index in [2.05, 4.69) is 5.32 Å². The van der Waals surface area contributed by atoms with Crippen molar-refractivity contribution < 1.29 is 27.9 Å². The molecule has 3 atom stereocenters. The molecular weight excluding hydrogens is 384 g/mol. The zero-order valence-electron chi connectivity index (χ0n) is 14.4. The summed E-state index contributed by atoms with van der Waals surface area (Å²) in [7, 11) is -4.04. The van der Waals surface area contributed by atoms with Gasteiger partial charge in [0.2, 0.25) is 10.0 Å². The number of benzene rings is 1. The topological polar surface area (TPSA) is 113 Å². The number of nitrogens with one attached hydrogen (secondary N) is 1. The number of hydrogen-bond donors (Lipinski definition) is 2. The van der Waals surface area contributed by atoms with Gasteiger partial charge >= 0.3 is 5.97 Å². The van der Waals surface area contributed by atoms with E-state index < -0.39 is 40.1 Å². The summed E-state index contributed by atoms with van der Waals surface area (Å²) in [6.45, 7) is 3.26. The highest BCUT2D eigenvalue weighted by Gasteiger charge is 2.45. The van der Waals surface area contributed by atoms with Gasteiger partial charge in [-0.1, -0.05) is 11.6 Å². The fourth-order valence-corrected chi connectivity index (χ4v) is 4.38. The molecule has 8 nitrogen and oxygen atoms in total. The highest BCUT2D eigenvalue weighted by atomic mass is 35.5. The average Bonchev–Trinajstić information content (AvgIpc) is 2.98. The Morgan fingerprint density at radius 2 is 2.00 bits per heavy atom. The Hall–Kier alpha value is -1.68. The number of likely N-dealkylation sites (N-methyl/N-ethyl adjacent to an activating group) is 1. The van der Waals surface area contributed by atoms with E-state index in [1.807, 2.05) is 0 Å². The van der Waals surface area contributed by atoms with Crippen molar-refractivity contribution in [3.05, 3.63) is 29.3 Å². The van der Waals surface area contributed by atoms with Crippen LogP contribution in [0.25, 0.3) is 0 Å². The zero-order valence-corrected chi connectivity index (χ0v) is 16.0. The summed E-state index contributed by atoms with van der Waals surface area (Å²) >= 11 is 5.78. The molecule has 2 N–H and O–H groups in total. The first kappa shape index (κ1) is 20.6. The predicted octanol–water partition coefficient (Wildman–Crippen LogP) is 0.532. The van der Waals surface area contributed by atoms with Crippen molar-refractivity contribution in [1.82, 2.24) is 9.62 Å². The number of halogens is 1. The molecule has 1 aromatic rings. The lowest BCUT2D eigenvalue weighted by molar-refractivity contribution is -0.157. The number of carbonyl (C=O) groups excluding carboxylic acids is 2. The van der Waals surface area contributed by atoms with Crippen molar-refractivity contribution in [3.63, 3.8) is 0 Å². The van der Waals surface area contributed by atoms with E-state index in [0.717, 1.165) is 4.31 Å². The third-order valence-corrected chi connectivity index (χ3v) is 6.08. The molecular formula is C16H21ClN2O6S. The highest BCUT2D eigenvalue weighted by molar-refractivity contribution is 7.89. The molecule has 0 spiro atoms. The Kier molecular flexibility index (Phi) is 6.62. The van der Waals surface area contributed by atoms with Gasteiger partial charge in [-0.2, -0.15) is 4.31 Å². The standard InChI is InChI=1S/C16H21ClN2O6S/c1-3-18-15(21)10(2)25-16(22)14-8-12(20)9-19(14)26(23,24)13-6-4-11(17)5-7-13/h4-7,10,12,14,20H,3,8-9H2,1-2H3,(H,18,21)/t10-,12+,14+/m1/s1. The van der Waals surface area contributed by atoms with Crippen LogP contribution in [0.5, 0.6) is 0 Å². The van der Waals surface area contributed by atoms with Gasteiger partial charge in [-0.15, -0.1) is 0 Å². The molecule has 1 heterocycles. The fraction of sp³-hybridized carbons (Fsp3) is 0.500. The van der Waals surface area contributed by atoms with E-state index in [1.165, 1.54) is 31.2 Å². The van der Waals surface area contributed by atoms with Crippen molar-refractivity contribution >= 4 is 33.5 Å². The van der Waals surface area contributed by atoms with Gasteiger partial charge in [0.1, 0.15) is 6.04 Å². The first-order valence-electron chi connectivity index (χ1n) is 8.10. The second-order valence-electron chi connectivity index (χ2n) is 5.91. The monoisotopic (exact) mass is 404 g/mol. The van der Waals surface area contributed by atoms with Crippen LogP contribution < -0.4 is 5.32 Å². The van der Waals surface area contributed by atoms with Gasteiger partial charge in [0.25, 0.3) is 5.91 Å². The van der Waals surface area contributed by atoms with Crippen molar-refractivity contribution in [3.8, 4) is 0 Å². The lowest BCUT2D eigenvalue weighted by atomic mass is 10.2. The van der Waals surface area contributed by atoms with E-state index >= 15 is 0 Å². The zero-order chi connectivity index (χ0) is 19.5. The molecule has 1 fully saturated rings. The lowest BCUT2D eigenvalue weighted by Crippen LogP contribution is -2.44. The molecule has 26 heavy (non-hydrogen) atoms. The highest BCUT2D eigenvalue weighted by Crippen LogP contribution is 2.28. The van der Waals surface area contributed by atoms with Crippen LogP contribution >= 0.6 is 11.6 Å². The minimum Gasteiger partial charge on any atom is -0.451 e. The quantitative estimate of drug-likeness (QED) is 0.669. The third kappa shape index (κ3) is 4.53. The number of ether oxygens (including phenoxy) is 1. The van der Waals surface area contributed by atoms with E-state index in [9.17, 15) is 23.1 Å². The number of nitrogens with zero attached hydrogens (tertiary/aromatic N) is 1. The molecule has 1 saturated heterocycles. The second kappa shape index (κ2) is 8.34. The number of β-amino-alcohol motifs (C(OH)–C–C–N with tert-alkyl or cyclic N) is 1. The van der Waals surface area contributed by atoms with Gasteiger partial charge in [0.05, 0.1) is 11.0 Å². The van der Waals surface area contributed by atoms with Crippen LogP contribution in [-0.2, 0) is 24.3 Å². The fourth-order valence-electron chi connectivity index (χ4n) is 2.63. The summed E-state index contributed by atoms with van der Waals surface area (Å²) in [5, 5.41) is 12.8. The largest absolute Gasteiger partial charge is 0.451 e. The summed E-state index contributed by atoms with van der Waals surface area (Å²) < 4.78 is 31.6. The van der Waals surface area contributed by atoms with Crippen LogP contribution in [0.4, 0.5) is 0 Å². The third-order valence-electron chi connectivity index (χ3n) is 3.94. The number of aliphatic hydroxyl groups is 1. The van der Waals surface area contributed by atoms with Gasteiger partial charge in [-0.05, 0) is 38.1 Å². The van der Waals surface area contributed by atoms with Crippen LogP contribution in [0.3, 0.4) is 0 Å². The first-order chi connectivity index (χ1) is 12.2. The molecule has 0 unspecified atom stereocenters. The molecule has 0 bridgehead atoms. The Balaban J connectivity index is 2.20. The number of esters is 1. The van der Waals surface area contributed by atoms with Crippen molar-refractivity contribution in [1.29, 1.82) is 0 Å². The predicted molar refractivity (Wildman–Crippen MR) is 94.0 cm³/mol. The van der Waals surface area contributed by atoms with Crippen LogP contribution in [0.15, 0.2) is 29.2 Å². The van der Waals surface area contributed by atoms with Gasteiger partial charge in [0, 0.05) is 24.5 Å². The summed E-state index contributed by atoms with van der Waals surface area (Å²) in [6, 6.07) is 4.28. The maximum atomic E-state index is 12.8.